The molecule has 23 heavy (non-hydrogen) atoms. The zero-order valence-electron chi connectivity index (χ0n) is 14.1. The summed E-state index contributed by atoms with van der Waals surface area (Å²) in [7, 11) is 0. The quantitative estimate of drug-likeness (QED) is 0.898. The van der Waals surface area contributed by atoms with E-state index in [0.29, 0.717) is 0 Å². The number of anilines is 1. The van der Waals surface area contributed by atoms with Crippen molar-refractivity contribution in [3.8, 4) is 0 Å². The van der Waals surface area contributed by atoms with Gasteiger partial charge in [0.25, 0.3) is 0 Å². The van der Waals surface area contributed by atoms with Crippen LogP contribution in [0.1, 0.15) is 50.2 Å². The summed E-state index contributed by atoms with van der Waals surface area (Å²) in [5, 5.41) is 7.41. The maximum Gasteiger partial charge on any atom is 0.168 e. The van der Waals surface area contributed by atoms with Crippen LogP contribution in [0.25, 0.3) is 0 Å². The van der Waals surface area contributed by atoms with Gasteiger partial charge >= 0.3 is 0 Å². The molecule has 0 bridgehead atoms. The molecular weight excluding hydrogens is 288 g/mol. The fourth-order valence-corrected chi connectivity index (χ4v) is 4.18. The Balaban J connectivity index is 1.39. The first-order chi connectivity index (χ1) is 11.2. The lowest BCUT2D eigenvalue weighted by molar-refractivity contribution is -0.185. The van der Waals surface area contributed by atoms with Crippen molar-refractivity contribution in [3.63, 3.8) is 0 Å². The van der Waals surface area contributed by atoms with Crippen molar-refractivity contribution in [1.29, 1.82) is 0 Å². The summed E-state index contributed by atoms with van der Waals surface area (Å²) in [6, 6.07) is 6.70. The number of benzene rings is 1. The molecule has 126 valence electrons. The molecule has 4 heteroatoms. The van der Waals surface area contributed by atoms with Crippen molar-refractivity contribution in [2.24, 2.45) is 0 Å². The fraction of sp³-hybridized carbons (Fsp3) is 0.684. The van der Waals surface area contributed by atoms with E-state index in [0.717, 1.165) is 52.0 Å². The smallest absolute Gasteiger partial charge is 0.168 e. The average Bonchev–Trinajstić information content (AvgIpc) is 3.05. The van der Waals surface area contributed by atoms with Gasteiger partial charge in [0.2, 0.25) is 0 Å². The Kier molecular flexibility index (Phi) is 4.08. The molecule has 2 fully saturated rings. The summed E-state index contributed by atoms with van der Waals surface area (Å²) in [4.78, 5) is 0. The molecule has 1 aromatic carbocycles. The molecule has 2 heterocycles. The van der Waals surface area contributed by atoms with Gasteiger partial charge in [-0.15, -0.1) is 0 Å². The van der Waals surface area contributed by atoms with Crippen molar-refractivity contribution in [2.45, 2.75) is 63.3 Å². The van der Waals surface area contributed by atoms with Gasteiger partial charge < -0.3 is 20.1 Å². The Morgan fingerprint density at radius 3 is 2.70 bits per heavy atom. The number of aryl methyl sites for hydroxylation is 1. The number of hydrogen-bond acceptors (Lipinski definition) is 4. The van der Waals surface area contributed by atoms with E-state index in [1.54, 1.807) is 0 Å². The lowest BCUT2D eigenvalue weighted by atomic mass is 9.80. The van der Waals surface area contributed by atoms with Crippen LogP contribution in [0.2, 0.25) is 0 Å². The molecule has 1 saturated heterocycles. The van der Waals surface area contributed by atoms with Crippen molar-refractivity contribution >= 4 is 5.69 Å². The largest absolute Gasteiger partial charge is 0.385 e. The summed E-state index contributed by atoms with van der Waals surface area (Å²) in [6.45, 7) is 5.88. The average molecular weight is 316 g/mol. The second-order valence-electron chi connectivity index (χ2n) is 7.50. The summed E-state index contributed by atoms with van der Waals surface area (Å²) in [5.74, 6) is -0.269. The second-order valence-corrected chi connectivity index (χ2v) is 7.50. The van der Waals surface area contributed by atoms with Crippen LogP contribution in [0, 0.1) is 0 Å². The van der Waals surface area contributed by atoms with E-state index in [9.17, 15) is 0 Å². The van der Waals surface area contributed by atoms with Crippen molar-refractivity contribution in [1.82, 2.24) is 5.32 Å². The van der Waals surface area contributed by atoms with E-state index < -0.39 is 0 Å². The lowest BCUT2D eigenvalue weighted by Gasteiger charge is -2.42. The van der Waals surface area contributed by atoms with Crippen LogP contribution in [-0.4, -0.2) is 31.1 Å². The SMILES string of the molecule is CC1(NCc2cccc3c2NCCC3)CCC2(CC1)OCCO2. The van der Waals surface area contributed by atoms with Crippen molar-refractivity contribution < 1.29 is 9.47 Å². The third-order valence-electron chi connectivity index (χ3n) is 5.80. The van der Waals surface area contributed by atoms with Crippen LogP contribution >= 0.6 is 0 Å². The molecule has 1 aromatic rings. The van der Waals surface area contributed by atoms with Crippen LogP contribution in [-0.2, 0) is 22.4 Å². The van der Waals surface area contributed by atoms with Gasteiger partial charge in [-0.25, -0.2) is 0 Å². The van der Waals surface area contributed by atoms with Gasteiger partial charge in [0.05, 0.1) is 13.2 Å². The maximum atomic E-state index is 5.85. The normalized spacial score (nSPS) is 25.1. The number of rotatable bonds is 3. The van der Waals surface area contributed by atoms with E-state index in [1.807, 2.05) is 0 Å². The minimum absolute atomic E-state index is 0.179. The van der Waals surface area contributed by atoms with Crippen molar-refractivity contribution in [2.75, 3.05) is 25.1 Å². The van der Waals surface area contributed by atoms with E-state index in [4.69, 9.17) is 9.47 Å². The standard InChI is InChI=1S/C19H28N2O2/c1-18(7-9-19(10-8-18)22-12-13-23-19)21-14-16-5-2-4-15-6-3-11-20-17(15)16/h2,4-5,20-21H,3,6-14H2,1H3. The van der Waals surface area contributed by atoms with Gasteiger partial charge in [-0.2, -0.15) is 0 Å². The van der Waals surface area contributed by atoms with E-state index in [2.05, 4.69) is 35.8 Å². The molecule has 0 atom stereocenters. The van der Waals surface area contributed by atoms with E-state index in [1.165, 1.54) is 29.7 Å². The van der Waals surface area contributed by atoms with Gasteiger partial charge in [0.1, 0.15) is 0 Å². The number of fused-ring (bicyclic) bond motifs is 1. The maximum absolute atomic E-state index is 5.85. The molecule has 0 radical (unpaired) electrons. The first-order valence-electron chi connectivity index (χ1n) is 9.06. The van der Waals surface area contributed by atoms with Gasteiger partial charge in [0, 0.05) is 37.2 Å². The molecule has 0 unspecified atom stereocenters. The molecule has 4 rings (SSSR count). The third-order valence-corrected chi connectivity index (χ3v) is 5.80. The molecule has 1 saturated carbocycles. The zero-order valence-corrected chi connectivity index (χ0v) is 14.1. The molecule has 4 nitrogen and oxygen atoms in total. The Morgan fingerprint density at radius 2 is 1.91 bits per heavy atom. The molecule has 3 aliphatic rings. The topological polar surface area (TPSA) is 42.5 Å². The highest BCUT2D eigenvalue weighted by molar-refractivity contribution is 5.59. The van der Waals surface area contributed by atoms with Crippen LogP contribution in [0.4, 0.5) is 5.69 Å². The van der Waals surface area contributed by atoms with Gasteiger partial charge in [-0.1, -0.05) is 18.2 Å². The van der Waals surface area contributed by atoms with Gasteiger partial charge in [-0.3, -0.25) is 0 Å². The molecule has 0 aromatic heterocycles. The molecule has 2 aliphatic heterocycles. The molecule has 1 aliphatic carbocycles. The van der Waals surface area contributed by atoms with Crippen LogP contribution < -0.4 is 10.6 Å². The lowest BCUT2D eigenvalue weighted by Crippen LogP contribution is -2.49. The van der Waals surface area contributed by atoms with Crippen LogP contribution in [0.15, 0.2) is 18.2 Å². The Labute approximate surface area is 138 Å². The van der Waals surface area contributed by atoms with E-state index in [-0.39, 0.29) is 11.3 Å². The van der Waals surface area contributed by atoms with Gasteiger partial charge in [0.15, 0.2) is 5.79 Å². The molecular formula is C19H28N2O2. The molecule has 0 amide bonds. The Bertz CT molecular complexity index is 556. The van der Waals surface area contributed by atoms with Gasteiger partial charge in [-0.05, 0) is 43.7 Å². The minimum atomic E-state index is -0.269. The predicted octanol–water partition coefficient (Wildman–Crippen LogP) is 3.21. The molecule has 1 spiro atoms. The minimum Gasteiger partial charge on any atom is -0.385 e. The first kappa shape index (κ1) is 15.4. The molecule has 2 N–H and O–H groups in total. The number of hydrogen-bond donors (Lipinski definition) is 2. The van der Waals surface area contributed by atoms with Crippen molar-refractivity contribution in [3.05, 3.63) is 29.3 Å². The van der Waals surface area contributed by atoms with E-state index >= 15 is 0 Å². The first-order valence-corrected chi connectivity index (χ1v) is 9.06. The number of para-hydroxylation sites is 1. The number of nitrogens with one attached hydrogen (secondary N) is 2. The third kappa shape index (κ3) is 3.12. The Morgan fingerprint density at radius 1 is 1.13 bits per heavy atom. The highest BCUT2D eigenvalue weighted by atomic mass is 16.7. The number of ether oxygens (including phenoxy) is 2. The zero-order chi connectivity index (χ0) is 15.8. The highest BCUT2D eigenvalue weighted by Gasteiger charge is 2.44. The Hall–Kier alpha value is -1.10. The highest BCUT2D eigenvalue weighted by Crippen LogP contribution is 2.40. The van der Waals surface area contributed by atoms with Crippen LogP contribution in [0.3, 0.4) is 0 Å². The summed E-state index contributed by atoms with van der Waals surface area (Å²) < 4.78 is 11.7. The monoisotopic (exact) mass is 316 g/mol. The summed E-state index contributed by atoms with van der Waals surface area (Å²) >= 11 is 0. The second kappa shape index (κ2) is 6.08. The summed E-state index contributed by atoms with van der Waals surface area (Å²) in [6.07, 6.45) is 6.66. The fourth-order valence-electron chi connectivity index (χ4n) is 4.18. The predicted molar refractivity (Wildman–Crippen MR) is 91.6 cm³/mol. The van der Waals surface area contributed by atoms with Crippen LogP contribution in [0.5, 0.6) is 0 Å². The summed E-state index contributed by atoms with van der Waals surface area (Å²) in [5.41, 5.74) is 4.41.